The summed E-state index contributed by atoms with van der Waals surface area (Å²) in [4.78, 5) is 10.8. The lowest BCUT2D eigenvalue weighted by molar-refractivity contribution is -0.384. The number of nitro benzene ring substituents is 1. The largest absolute Gasteiger partial charge is 0.493 e. The van der Waals surface area contributed by atoms with Gasteiger partial charge in [-0.3, -0.25) is 10.1 Å². The van der Waals surface area contributed by atoms with Crippen molar-refractivity contribution in [1.29, 1.82) is 0 Å². The summed E-state index contributed by atoms with van der Waals surface area (Å²) in [7, 11) is 3.21. The summed E-state index contributed by atoms with van der Waals surface area (Å²) in [5, 5.41) is 18.1. The third-order valence-electron chi connectivity index (χ3n) is 6.32. The first-order valence-electron chi connectivity index (χ1n) is 10.7. The van der Waals surface area contributed by atoms with Gasteiger partial charge in [-0.05, 0) is 48.5 Å². The van der Waals surface area contributed by atoms with E-state index in [4.69, 9.17) is 19.3 Å². The minimum Gasteiger partial charge on any atom is -0.493 e. The van der Waals surface area contributed by atoms with E-state index in [2.05, 4.69) is 22.0 Å². The molecule has 0 unspecified atom stereocenters. The Balaban J connectivity index is 1.62. The molecule has 0 aliphatic carbocycles. The minimum atomic E-state index is -0.959. The standard InChI is InChI=1S/C25H22BrN3O5/c1-25(16-5-8-18(9-6-16)29(30)31)28-21(19-13-17(26)7-11-22(19)34-25)14-20(27-28)15-4-10-23(32-2)24(12-15)33-3/h4-13,21H,14H2,1-3H3/t21-,25+/m0/s1. The highest BCUT2D eigenvalue weighted by molar-refractivity contribution is 9.10. The van der Waals surface area contributed by atoms with Crippen LogP contribution in [0.1, 0.15) is 36.1 Å². The first-order chi connectivity index (χ1) is 16.3. The normalized spacial score (nSPS) is 20.6. The van der Waals surface area contributed by atoms with Crippen LogP contribution in [0, 0.1) is 10.1 Å². The molecular weight excluding hydrogens is 502 g/mol. The van der Waals surface area contributed by atoms with Gasteiger partial charge in [0.05, 0.1) is 30.9 Å². The van der Waals surface area contributed by atoms with Crippen molar-refractivity contribution in [2.24, 2.45) is 5.10 Å². The van der Waals surface area contributed by atoms with Crippen molar-refractivity contribution in [1.82, 2.24) is 5.01 Å². The number of methoxy groups -OCH3 is 2. The third kappa shape index (κ3) is 3.56. The first kappa shape index (κ1) is 22.2. The molecule has 0 saturated heterocycles. The number of hydrogen-bond donors (Lipinski definition) is 0. The quantitative estimate of drug-likeness (QED) is 0.310. The molecule has 0 fully saturated rings. The maximum atomic E-state index is 11.2. The zero-order chi connectivity index (χ0) is 24.0. The van der Waals surface area contributed by atoms with Gasteiger partial charge in [-0.15, -0.1) is 0 Å². The fourth-order valence-corrected chi connectivity index (χ4v) is 4.93. The summed E-state index contributed by atoms with van der Waals surface area (Å²) >= 11 is 3.57. The van der Waals surface area contributed by atoms with Gasteiger partial charge in [-0.25, -0.2) is 5.01 Å². The molecule has 174 valence electrons. The van der Waals surface area contributed by atoms with Gasteiger partial charge < -0.3 is 14.2 Å². The molecule has 9 heteroatoms. The number of hydrogen-bond acceptors (Lipinski definition) is 7. The van der Waals surface area contributed by atoms with Gasteiger partial charge in [0.15, 0.2) is 11.5 Å². The summed E-state index contributed by atoms with van der Waals surface area (Å²) in [6, 6.07) is 18.0. The number of rotatable bonds is 5. The number of hydrazone groups is 1. The molecule has 0 saturated carbocycles. The smallest absolute Gasteiger partial charge is 0.269 e. The maximum Gasteiger partial charge on any atom is 0.269 e. The monoisotopic (exact) mass is 523 g/mol. The number of nitro groups is 1. The summed E-state index contributed by atoms with van der Waals surface area (Å²) < 4.78 is 18.3. The fourth-order valence-electron chi connectivity index (χ4n) is 4.55. The lowest BCUT2D eigenvalue weighted by Crippen LogP contribution is -2.48. The van der Waals surface area contributed by atoms with Crippen LogP contribution in [0.25, 0.3) is 0 Å². The van der Waals surface area contributed by atoms with Crippen LogP contribution in [-0.4, -0.2) is 29.9 Å². The predicted octanol–water partition coefficient (Wildman–Crippen LogP) is 5.79. The number of halogens is 1. The Bertz CT molecular complexity index is 1310. The molecule has 2 heterocycles. The zero-order valence-electron chi connectivity index (χ0n) is 18.8. The van der Waals surface area contributed by atoms with Gasteiger partial charge in [0.25, 0.3) is 5.69 Å². The van der Waals surface area contributed by atoms with Gasteiger partial charge in [0, 0.05) is 46.6 Å². The molecule has 3 aromatic carbocycles. The topological polar surface area (TPSA) is 86.4 Å². The Morgan fingerprint density at radius 2 is 1.82 bits per heavy atom. The van der Waals surface area contributed by atoms with E-state index in [-0.39, 0.29) is 11.7 Å². The molecule has 5 rings (SSSR count). The second kappa shape index (κ2) is 8.32. The molecule has 2 atom stereocenters. The van der Waals surface area contributed by atoms with E-state index >= 15 is 0 Å². The Morgan fingerprint density at radius 3 is 2.50 bits per heavy atom. The highest BCUT2D eigenvalue weighted by atomic mass is 79.9. The number of nitrogens with zero attached hydrogens (tertiary/aromatic N) is 3. The summed E-state index contributed by atoms with van der Waals surface area (Å²) in [5.74, 6) is 2.04. The predicted molar refractivity (Wildman–Crippen MR) is 130 cm³/mol. The molecule has 0 spiro atoms. The Labute approximate surface area is 205 Å². The molecule has 0 N–H and O–H groups in total. The van der Waals surface area contributed by atoms with Crippen molar-refractivity contribution in [3.05, 3.63) is 91.9 Å². The van der Waals surface area contributed by atoms with E-state index in [9.17, 15) is 10.1 Å². The van der Waals surface area contributed by atoms with Crippen molar-refractivity contribution >= 4 is 27.3 Å². The maximum absolute atomic E-state index is 11.2. The fraction of sp³-hybridized carbons (Fsp3) is 0.240. The van der Waals surface area contributed by atoms with Crippen LogP contribution >= 0.6 is 15.9 Å². The van der Waals surface area contributed by atoms with Crippen LogP contribution in [0.5, 0.6) is 17.2 Å². The minimum absolute atomic E-state index is 0.0278. The van der Waals surface area contributed by atoms with Crippen molar-refractivity contribution in [3.8, 4) is 17.2 Å². The van der Waals surface area contributed by atoms with Crippen molar-refractivity contribution in [2.75, 3.05) is 14.2 Å². The average molecular weight is 524 g/mol. The molecule has 8 nitrogen and oxygen atoms in total. The van der Waals surface area contributed by atoms with Crippen LogP contribution in [0.15, 0.2) is 70.2 Å². The first-order valence-corrected chi connectivity index (χ1v) is 11.5. The molecule has 0 aromatic heterocycles. The lowest BCUT2D eigenvalue weighted by atomic mass is 9.92. The second-order valence-corrected chi connectivity index (χ2v) is 9.17. The van der Waals surface area contributed by atoms with Crippen LogP contribution in [-0.2, 0) is 5.72 Å². The number of fused-ring (bicyclic) bond motifs is 3. The van der Waals surface area contributed by atoms with Crippen molar-refractivity contribution in [2.45, 2.75) is 25.1 Å². The molecule has 34 heavy (non-hydrogen) atoms. The molecule has 3 aromatic rings. The molecular formula is C25H22BrN3O5. The molecule has 0 radical (unpaired) electrons. The number of benzene rings is 3. The molecule has 2 aliphatic heterocycles. The highest BCUT2D eigenvalue weighted by Crippen LogP contribution is 2.51. The van der Waals surface area contributed by atoms with Crippen LogP contribution in [0.3, 0.4) is 0 Å². The highest BCUT2D eigenvalue weighted by Gasteiger charge is 2.49. The van der Waals surface area contributed by atoms with E-state index < -0.39 is 10.6 Å². The van der Waals surface area contributed by atoms with E-state index in [1.165, 1.54) is 12.1 Å². The van der Waals surface area contributed by atoms with Gasteiger partial charge in [0.2, 0.25) is 5.72 Å². The second-order valence-electron chi connectivity index (χ2n) is 8.25. The number of non-ortho nitro benzene ring substituents is 1. The molecule has 2 aliphatic rings. The van der Waals surface area contributed by atoms with Gasteiger partial charge in [-0.1, -0.05) is 15.9 Å². The van der Waals surface area contributed by atoms with E-state index in [0.29, 0.717) is 17.9 Å². The van der Waals surface area contributed by atoms with Crippen LogP contribution in [0.4, 0.5) is 5.69 Å². The third-order valence-corrected chi connectivity index (χ3v) is 6.81. The van der Waals surface area contributed by atoms with Crippen LogP contribution < -0.4 is 14.2 Å². The Hall–Kier alpha value is -3.59. The van der Waals surface area contributed by atoms with Crippen molar-refractivity contribution < 1.29 is 19.1 Å². The SMILES string of the molecule is COc1ccc(C2=NN3[C@@H](C2)c2cc(Br)ccc2O[C@]3(C)c2ccc([N+](=O)[O-])cc2)cc1OC. The zero-order valence-corrected chi connectivity index (χ0v) is 20.4. The van der Waals surface area contributed by atoms with Crippen molar-refractivity contribution in [3.63, 3.8) is 0 Å². The van der Waals surface area contributed by atoms with Gasteiger partial charge >= 0.3 is 0 Å². The molecule has 0 amide bonds. The van der Waals surface area contributed by atoms with E-state index in [1.54, 1.807) is 26.4 Å². The van der Waals surface area contributed by atoms with Crippen LogP contribution in [0.2, 0.25) is 0 Å². The van der Waals surface area contributed by atoms with Gasteiger partial charge in [-0.2, -0.15) is 5.10 Å². The van der Waals surface area contributed by atoms with Gasteiger partial charge in [0.1, 0.15) is 5.75 Å². The summed E-state index contributed by atoms with van der Waals surface area (Å²) in [5.41, 5.74) is 2.67. The Morgan fingerprint density at radius 1 is 1.09 bits per heavy atom. The Kier molecular flexibility index (Phi) is 5.44. The number of ether oxygens (including phenoxy) is 3. The molecule has 0 bridgehead atoms. The lowest BCUT2D eigenvalue weighted by Gasteiger charge is -2.46. The summed E-state index contributed by atoms with van der Waals surface area (Å²) in [6.45, 7) is 1.94. The van der Waals surface area contributed by atoms with E-state index in [0.717, 1.165) is 32.6 Å². The average Bonchev–Trinajstić information content (AvgIpc) is 3.31. The van der Waals surface area contributed by atoms with E-state index in [1.807, 2.05) is 42.3 Å². The summed E-state index contributed by atoms with van der Waals surface area (Å²) in [6.07, 6.45) is 0.658.